The highest BCUT2D eigenvalue weighted by Crippen LogP contribution is 2.46. The Hall–Kier alpha value is -3.25. The summed E-state index contributed by atoms with van der Waals surface area (Å²) in [5, 5.41) is 4.87. The lowest BCUT2D eigenvalue weighted by molar-refractivity contribution is -0.143. The zero-order valence-corrected chi connectivity index (χ0v) is 18.4. The van der Waals surface area contributed by atoms with Crippen LogP contribution in [0.1, 0.15) is 37.7 Å². The van der Waals surface area contributed by atoms with Gasteiger partial charge >= 0.3 is 0 Å². The molecule has 0 N–H and O–H groups in total. The second-order valence-corrected chi connectivity index (χ2v) is 9.10. The molecule has 1 aromatic heterocycles. The number of aromatic nitrogens is 2. The normalized spacial score (nSPS) is 17.8. The van der Waals surface area contributed by atoms with Crippen molar-refractivity contribution in [2.75, 3.05) is 13.7 Å². The maximum Gasteiger partial charge on any atom is 0.237 e. The van der Waals surface area contributed by atoms with Crippen molar-refractivity contribution in [2.45, 2.75) is 38.6 Å². The summed E-state index contributed by atoms with van der Waals surface area (Å²) in [4.78, 5) is 29.2. The molecule has 2 fully saturated rings. The molecule has 0 bridgehead atoms. The molecule has 164 valence electrons. The Balaban J connectivity index is 1.39. The Morgan fingerprint density at radius 2 is 1.62 bits per heavy atom. The molecule has 1 aliphatic carbocycles. The fourth-order valence-corrected chi connectivity index (χ4v) is 5.11. The lowest BCUT2D eigenvalue weighted by Crippen LogP contribution is -2.41. The van der Waals surface area contributed by atoms with Gasteiger partial charge < -0.3 is 0 Å². The van der Waals surface area contributed by atoms with Crippen LogP contribution in [0.4, 0.5) is 0 Å². The van der Waals surface area contributed by atoms with Crippen LogP contribution in [0.5, 0.6) is 0 Å². The summed E-state index contributed by atoms with van der Waals surface area (Å²) in [5.74, 6) is -0.0119. The van der Waals surface area contributed by atoms with Crippen molar-refractivity contribution in [3.05, 3.63) is 72.4 Å². The molecule has 6 nitrogen and oxygen atoms in total. The molecule has 1 spiro atoms. The average molecular weight is 429 g/mol. The maximum atomic E-state index is 13.1. The number of amides is 2. The molecular formula is C26H28N4O2. The van der Waals surface area contributed by atoms with Crippen LogP contribution in [0.2, 0.25) is 0 Å². The largest absolute Gasteiger partial charge is 0.284 e. The van der Waals surface area contributed by atoms with Crippen molar-refractivity contribution in [1.82, 2.24) is 19.6 Å². The van der Waals surface area contributed by atoms with Gasteiger partial charge in [-0.1, -0.05) is 61.4 Å². The monoisotopic (exact) mass is 428 g/mol. The zero-order chi connectivity index (χ0) is 22.1. The summed E-state index contributed by atoms with van der Waals surface area (Å²) in [6.07, 6.45) is 6.20. The van der Waals surface area contributed by atoms with Crippen LogP contribution in [-0.4, -0.2) is 45.1 Å². The van der Waals surface area contributed by atoms with Gasteiger partial charge in [0.05, 0.1) is 23.5 Å². The summed E-state index contributed by atoms with van der Waals surface area (Å²) < 4.78 is 1.89. The minimum atomic E-state index is -0.425. The van der Waals surface area contributed by atoms with Crippen LogP contribution < -0.4 is 0 Å². The highest BCUT2D eigenvalue weighted by molar-refractivity contribution is 6.06. The third-order valence-corrected chi connectivity index (χ3v) is 6.73. The van der Waals surface area contributed by atoms with Gasteiger partial charge in [-0.05, 0) is 32.0 Å². The molecule has 2 heterocycles. The smallest absolute Gasteiger partial charge is 0.237 e. The summed E-state index contributed by atoms with van der Waals surface area (Å²) >= 11 is 0. The molecule has 3 aromatic rings. The van der Waals surface area contributed by atoms with Crippen LogP contribution in [0, 0.1) is 5.41 Å². The molecule has 2 aromatic carbocycles. The van der Waals surface area contributed by atoms with E-state index in [4.69, 9.17) is 5.10 Å². The van der Waals surface area contributed by atoms with E-state index in [1.54, 1.807) is 0 Å². The predicted octanol–water partition coefficient (Wildman–Crippen LogP) is 4.25. The quantitative estimate of drug-likeness (QED) is 0.551. The molecule has 2 aliphatic rings. The number of hydrogen-bond donors (Lipinski definition) is 0. The molecule has 32 heavy (non-hydrogen) atoms. The first kappa shape index (κ1) is 20.6. The van der Waals surface area contributed by atoms with Gasteiger partial charge in [0.2, 0.25) is 11.8 Å². The van der Waals surface area contributed by atoms with E-state index in [0.29, 0.717) is 19.6 Å². The van der Waals surface area contributed by atoms with Gasteiger partial charge in [-0.25, -0.2) is 4.68 Å². The lowest BCUT2D eigenvalue weighted by atomic mass is 9.85. The third kappa shape index (κ3) is 3.75. The number of benzene rings is 2. The fraction of sp³-hybridized carbons (Fsp3) is 0.346. The molecule has 0 atom stereocenters. The lowest BCUT2D eigenvalue weighted by Gasteiger charge is -2.25. The van der Waals surface area contributed by atoms with Gasteiger partial charge in [0.25, 0.3) is 0 Å². The Morgan fingerprint density at radius 1 is 0.969 bits per heavy atom. The van der Waals surface area contributed by atoms with Crippen LogP contribution >= 0.6 is 0 Å². The van der Waals surface area contributed by atoms with E-state index in [2.05, 4.69) is 12.1 Å². The van der Waals surface area contributed by atoms with E-state index in [1.165, 1.54) is 4.90 Å². The number of imide groups is 1. The number of hydrogen-bond acceptors (Lipinski definition) is 4. The van der Waals surface area contributed by atoms with Crippen LogP contribution in [0.25, 0.3) is 16.9 Å². The van der Waals surface area contributed by atoms with Crippen LogP contribution in [0.3, 0.4) is 0 Å². The van der Waals surface area contributed by atoms with Gasteiger partial charge in [-0.2, -0.15) is 5.10 Å². The van der Waals surface area contributed by atoms with Crippen molar-refractivity contribution in [3.63, 3.8) is 0 Å². The zero-order valence-electron chi connectivity index (χ0n) is 18.4. The summed E-state index contributed by atoms with van der Waals surface area (Å²) in [7, 11) is 1.95. The topological polar surface area (TPSA) is 58.4 Å². The van der Waals surface area contributed by atoms with Crippen molar-refractivity contribution in [3.8, 4) is 16.9 Å². The van der Waals surface area contributed by atoms with Crippen molar-refractivity contribution < 1.29 is 9.59 Å². The summed E-state index contributed by atoms with van der Waals surface area (Å²) in [6.45, 7) is 0.894. The molecule has 0 unspecified atom stereocenters. The molecule has 0 radical (unpaired) electrons. The molecule has 1 aliphatic heterocycles. The standard InChI is InChI=1S/C26H28N4O2/c1-28(19-29-23(31)16-26(25(29)32)14-8-9-15-26)17-21-18-30(22-12-6-3-7-13-22)27-24(21)20-10-4-2-5-11-20/h2-7,10-13,18H,8-9,14-17,19H2,1H3. The van der Waals surface area contributed by atoms with Crippen molar-refractivity contribution in [1.29, 1.82) is 0 Å². The van der Waals surface area contributed by atoms with Crippen molar-refractivity contribution in [2.24, 2.45) is 5.41 Å². The molecule has 1 saturated carbocycles. The Morgan fingerprint density at radius 3 is 2.31 bits per heavy atom. The first-order chi connectivity index (χ1) is 15.6. The minimum Gasteiger partial charge on any atom is -0.284 e. The van der Waals surface area contributed by atoms with E-state index in [1.807, 2.05) is 71.4 Å². The number of rotatable bonds is 6. The average Bonchev–Trinajstić information content (AvgIpc) is 3.51. The summed E-state index contributed by atoms with van der Waals surface area (Å²) in [6, 6.07) is 20.1. The summed E-state index contributed by atoms with van der Waals surface area (Å²) in [5.41, 5.74) is 3.58. The van der Waals surface area contributed by atoms with Gasteiger partial charge in [-0.3, -0.25) is 19.4 Å². The molecule has 6 heteroatoms. The van der Waals surface area contributed by atoms with E-state index in [9.17, 15) is 9.59 Å². The van der Waals surface area contributed by atoms with Gasteiger partial charge in [0.15, 0.2) is 0 Å². The molecule has 1 saturated heterocycles. The Bertz CT molecular complexity index is 1120. The van der Waals surface area contributed by atoms with E-state index >= 15 is 0 Å². The number of carbonyl (C=O) groups excluding carboxylic acids is 2. The Labute approximate surface area is 188 Å². The number of carbonyl (C=O) groups is 2. The van der Waals surface area contributed by atoms with Gasteiger partial charge in [-0.15, -0.1) is 0 Å². The van der Waals surface area contributed by atoms with E-state index in [-0.39, 0.29) is 11.8 Å². The third-order valence-electron chi connectivity index (χ3n) is 6.73. The number of likely N-dealkylation sites (tertiary alicyclic amines) is 1. The number of para-hydroxylation sites is 1. The predicted molar refractivity (Wildman–Crippen MR) is 123 cm³/mol. The van der Waals surface area contributed by atoms with Crippen molar-refractivity contribution >= 4 is 11.8 Å². The molecule has 5 rings (SSSR count). The number of nitrogens with zero attached hydrogens (tertiary/aromatic N) is 4. The first-order valence-corrected chi connectivity index (χ1v) is 11.3. The van der Waals surface area contributed by atoms with Gasteiger partial charge in [0, 0.05) is 30.3 Å². The second-order valence-electron chi connectivity index (χ2n) is 9.10. The molecule has 2 amide bonds. The Kier molecular flexibility index (Phi) is 5.39. The minimum absolute atomic E-state index is 0.0233. The van der Waals surface area contributed by atoms with E-state index < -0.39 is 5.41 Å². The molecular weight excluding hydrogens is 400 g/mol. The first-order valence-electron chi connectivity index (χ1n) is 11.3. The highest BCUT2D eigenvalue weighted by atomic mass is 16.2. The van der Waals surface area contributed by atoms with Crippen LogP contribution in [-0.2, 0) is 16.1 Å². The van der Waals surface area contributed by atoms with Gasteiger partial charge in [0.1, 0.15) is 0 Å². The fourth-order valence-electron chi connectivity index (χ4n) is 5.11. The highest BCUT2D eigenvalue weighted by Gasteiger charge is 2.52. The van der Waals surface area contributed by atoms with Crippen LogP contribution in [0.15, 0.2) is 66.9 Å². The SMILES string of the molecule is CN(Cc1cn(-c2ccccc2)nc1-c1ccccc1)CN1C(=O)CC2(CCCC2)C1=O. The van der Waals surface area contributed by atoms with E-state index in [0.717, 1.165) is 48.2 Å². The second kappa shape index (κ2) is 8.36. The maximum absolute atomic E-state index is 13.1.